The van der Waals surface area contributed by atoms with Crippen molar-refractivity contribution in [3.63, 3.8) is 0 Å². The summed E-state index contributed by atoms with van der Waals surface area (Å²) in [5, 5.41) is 9.82. The lowest BCUT2D eigenvalue weighted by atomic mass is 9.89. The summed E-state index contributed by atoms with van der Waals surface area (Å²) in [5.74, 6) is 0.637. The van der Waals surface area contributed by atoms with Crippen LogP contribution in [-0.2, 0) is 11.3 Å². The van der Waals surface area contributed by atoms with E-state index < -0.39 is 5.54 Å². The van der Waals surface area contributed by atoms with Crippen LogP contribution in [-0.4, -0.2) is 59.2 Å². The quantitative estimate of drug-likeness (QED) is 0.903. The molecule has 0 saturated carbocycles. The van der Waals surface area contributed by atoms with E-state index in [1.807, 2.05) is 11.8 Å². The molecule has 0 aliphatic carbocycles. The smallest absolute Gasteiger partial charge is 0.220 e. The lowest BCUT2D eigenvalue weighted by molar-refractivity contribution is -0.137. The normalized spacial score (nSPS) is 29.6. The Hall–Kier alpha value is -1.66. The fraction of sp³-hybridized carbons (Fsp3) is 0.632. The highest BCUT2D eigenvalue weighted by Gasteiger charge is 2.51. The monoisotopic (exact) mass is 350 g/mol. The summed E-state index contributed by atoms with van der Waals surface area (Å²) in [6.07, 6.45) is 1.62. The summed E-state index contributed by atoms with van der Waals surface area (Å²) in [5.41, 5.74) is 0.0853. The average molecular weight is 350 g/mol. The van der Waals surface area contributed by atoms with E-state index in [-0.39, 0.29) is 24.4 Å². The van der Waals surface area contributed by atoms with Gasteiger partial charge in [0.2, 0.25) is 5.91 Å². The van der Waals surface area contributed by atoms with Crippen LogP contribution in [0.2, 0.25) is 0 Å². The van der Waals surface area contributed by atoms with E-state index in [9.17, 15) is 14.3 Å². The number of aliphatic hydroxyl groups excluding tert-OH is 1. The maximum absolute atomic E-state index is 14.2. The van der Waals surface area contributed by atoms with Gasteiger partial charge in [0.15, 0.2) is 0 Å². The van der Waals surface area contributed by atoms with E-state index in [1.54, 1.807) is 26.2 Å². The molecule has 1 amide bonds. The van der Waals surface area contributed by atoms with Crippen LogP contribution in [0.25, 0.3) is 0 Å². The fourth-order valence-electron chi connectivity index (χ4n) is 4.70. The molecule has 2 saturated heterocycles. The van der Waals surface area contributed by atoms with Gasteiger partial charge in [-0.2, -0.15) is 0 Å². The summed E-state index contributed by atoms with van der Waals surface area (Å²) in [4.78, 5) is 16.2. The summed E-state index contributed by atoms with van der Waals surface area (Å²) >= 11 is 0. The second-order valence-electron chi connectivity index (χ2n) is 7.52. The molecule has 0 bridgehead atoms. The van der Waals surface area contributed by atoms with E-state index in [1.165, 1.54) is 6.07 Å². The molecule has 3 atom stereocenters. The molecule has 2 fully saturated rings. The molecule has 1 aromatic carbocycles. The van der Waals surface area contributed by atoms with Gasteiger partial charge in [0, 0.05) is 38.2 Å². The molecule has 138 valence electrons. The zero-order chi connectivity index (χ0) is 18.2. The second kappa shape index (κ2) is 6.92. The van der Waals surface area contributed by atoms with E-state index >= 15 is 0 Å². The number of carbonyl (C=O) groups is 1. The molecule has 2 heterocycles. The Labute approximate surface area is 148 Å². The first-order chi connectivity index (χ1) is 11.9. The Kier molecular flexibility index (Phi) is 5.02. The fourth-order valence-corrected chi connectivity index (χ4v) is 4.70. The topological polar surface area (TPSA) is 53.0 Å². The van der Waals surface area contributed by atoms with Gasteiger partial charge < -0.3 is 14.7 Å². The number of carbonyl (C=O) groups excluding carboxylic acids is 1. The SMILES string of the molecule is COc1cccc(F)c1CN1CC[C@H]2[C@H](C1)C[C@](C)(CO)N2C(C)=O. The van der Waals surface area contributed by atoms with Crippen LogP contribution in [0, 0.1) is 11.7 Å². The van der Waals surface area contributed by atoms with Crippen molar-refractivity contribution in [3.05, 3.63) is 29.6 Å². The van der Waals surface area contributed by atoms with E-state index in [2.05, 4.69) is 4.90 Å². The Balaban J connectivity index is 1.76. The second-order valence-corrected chi connectivity index (χ2v) is 7.52. The largest absolute Gasteiger partial charge is 0.496 e. The first-order valence-corrected chi connectivity index (χ1v) is 8.84. The summed E-state index contributed by atoms with van der Waals surface area (Å²) in [7, 11) is 1.55. The molecule has 2 aliphatic rings. The number of hydrogen-bond donors (Lipinski definition) is 1. The lowest BCUT2D eigenvalue weighted by Gasteiger charge is -2.40. The van der Waals surface area contributed by atoms with Crippen molar-refractivity contribution in [2.75, 3.05) is 26.8 Å². The minimum absolute atomic E-state index is 0.0215. The molecule has 0 unspecified atom stereocenters. The third kappa shape index (κ3) is 3.25. The molecule has 5 nitrogen and oxygen atoms in total. The van der Waals surface area contributed by atoms with Crippen LogP contribution < -0.4 is 4.74 Å². The van der Waals surface area contributed by atoms with Crippen LogP contribution >= 0.6 is 0 Å². The van der Waals surface area contributed by atoms with Gasteiger partial charge in [-0.3, -0.25) is 9.69 Å². The summed E-state index contributed by atoms with van der Waals surface area (Å²) < 4.78 is 19.5. The van der Waals surface area contributed by atoms with Gasteiger partial charge in [0.05, 0.1) is 19.3 Å². The molecule has 3 rings (SSSR count). The number of aliphatic hydroxyl groups is 1. The van der Waals surface area contributed by atoms with Crippen LogP contribution in [0.15, 0.2) is 18.2 Å². The van der Waals surface area contributed by atoms with Crippen molar-refractivity contribution in [2.45, 2.75) is 44.8 Å². The van der Waals surface area contributed by atoms with Crippen molar-refractivity contribution < 1.29 is 19.0 Å². The number of hydrogen-bond acceptors (Lipinski definition) is 4. The minimum Gasteiger partial charge on any atom is -0.496 e. The molecule has 0 aromatic heterocycles. The number of benzene rings is 1. The Morgan fingerprint density at radius 2 is 2.24 bits per heavy atom. The highest BCUT2D eigenvalue weighted by atomic mass is 19.1. The zero-order valence-electron chi connectivity index (χ0n) is 15.2. The van der Waals surface area contributed by atoms with Gasteiger partial charge in [-0.1, -0.05) is 6.07 Å². The number of halogens is 1. The standard InChI is InChI=1S/C19H27FN2O3/c1-13(24)22-17-7-8-21(10-14(17)9-19(22,2)12-23)11-15-16(20)5-4-6-18(15)25-3/h4-6,14,17,23H,7-12H2,1-3H3/t14-,17-,19+/m0/s1. The van der Waals surface area contributed by atoms with Crippen molar-refractivity contribution in [1.82, 2.24) is 9.80 Å². The molecular formula is C19H27FN2O3. The average Bonchev–Trinajstić information content (AvgIpc) is 2.88. The summed E-state index contributed by atoms with van der Waals surface area (Å²) in [6, 6.07) is 5.05. The maximum Gasteiger partial charge on any atom is 0.220 e. The molecule has 1 aromatic rings. The third-order valence-corrected chi connectivity index (χ3v) is 5.75. The number of ether oxygens (including phenoxy) is 1. The zero-order valence-corrected chi connectivity index (χ0v) is 15.2. The molecule has 1 N–H and O–H groups in total. The lowest BCUT2D eigenvalue weighted by Crippen LogP contribution is -2.52. The van der Waals surface area contributed by atoms with Crippen LogP contribution in [0.5, 0.6) is 5.75 Å². The van der Waals surface area contributed by atoms with Crippen molar-refractivity contribution in [3.8, 4) is 5.75 Å². The molecule has 2 aliphatic heterocycles. The number of nitrogens with zero attached hydrogens (tertiary/aromatic N) is 2. The highest BCUT2D eigenvalue weighted by Crippen LogP contribution is 2.42. The van der Waals surface area contributed by atoms with Crippen LogP contribution in [0.4, 0.5) is 4.39 Å². The predicted molar refractivity (Wildman–Crippen MR) is 92.8 cm³/mol. The number of likely N-dealkylation sites (tertiary alicyclic amines) is 2. The molecular weight excluding hydrogens is 323 g/mol. The summed E-state index contributed by atoms with van der Waals surface area (Å²) in [6.45, 7) is 5.59. The highest BCUT2D eigenvalue weighted by molar-refractivity contribution is 5.75. The molecule has 6 heteroatoms. The van der Waals surface area contributed by atoms with Crippen molar-refractivity contribution in [1.29, 1.82) is 0 Å². The molecule has 25 heavy (non-hydrogen) atoms. The molecule has 0 spiro atoms. The first-order valence-electron chi connectivity index (χ1n) is 8.84. The Morgan fingerprint density at radius 1 is 1.48 bits per heavy atom. The van der Waals surface area contributed by atoms with Crippen LogP contribution in [0.3, 0.4) is 0 Å². The van der Waals surface area contributed by atoms with E-state index in [4.69, 9.17) is 4.74 Å². The first kappa shape index (κ1) is 18.1. The van der Waals surface area contributed by atoms with Crippen LogP contribution in [0.1, 0.15) is 32.3 Å². The Morgan fingerprint density at radius 3 is 2.88 bits per heavy atom. The molecule has 0 radical (unpaired) electrons. The third-order valence-electron chi connectivity index (χ3n) is 5.75. The number of methoxy groups -OCH3 is 1. The number of piperidine rings is 1. The van der Waals surface area contributed by atoms with Crippen molar-refractivity contribution >= 4 is 5.91 Å². The number of amides is 1. The van der Waals surface area contributed by atoms with Gasteiger partial charge in [0.25, 0.3) is 0 Å². The van der Waals surface area contributed by atoms with Gasteiger partial charge in [-0.15, -0.1) is 0 Å². The maximum atomic E-state index is 14.2. The van der Waals surface area contributed by atoms with Gasteiger partial charge in [-0.25, -0.2) is 4.39 Å². The van der Waals surface area contributed by atoms with Gasteiger partial charge in [-0.05, 0) is 37.8 Å². The predicted octanol–water partition coefficient (Wildman–Crippen LogP) is 2.03. The minimum atomic E-state index is -0.493. The Bertz CT molecular complexity index is 654. The number of rotatable bonds is 4. The van der Waals surface area contributed by atoms with Gasteiger partial charge >= 0.3 is 0 Å². The number of fused-ring (bicyclic) bond motifs is 1. The van der Waals surface area contributed by atoms with Crippen molar-refractivity contribution in [2.24, 2.45) is 5.92 Å². The van der Waals surface area contributed by atoms with E-state index in [0.29, 0.717) is 23.8 Å². The van der Waals surface area contributed by atoms with E-state index in [0.717, 1.165) is 25.9 Å². The van der Waals surface area contributed by atoms with Gasteiger partial charge in [0.1, 0.15) is 11.6 Å².